The number of carbonyl (C=O) groups excluding carboxylic acids is 3. The summed E-state index contributed by atoms with van der Waals surface area (Å²) >= 11 is 0. The van der Waals surface area contributed by atoms with Crippen LogP contribution in [0.15, 0.2) is 29.3 Å². The van der Waals surface area contributed by atoms with Crippen LogP contribution >= 0.6 is 12.4 Å². The molecule has 2 atom stereocenters. The Morgan fingerprint density at radius 2 is 1.76 bits per heavy atom. The topological polar surface area (TPSA) is 140 Å². The molecule has 6 N–H and O–H groups in total. The zero-order valence-electron chi connectivity index (χ0n) is 17.2. The number of nitrogens with zero attached hydrogens (tertiary/aromatic N) is 1. The van der Waals surface area contributed by atoms with E-state index in [1.54, 1.807) is 12.1 Å². The largest absolute Gasteiger partial charge is 0.370 e. The Balaban J connectivity index is 0.00000784. The average molecular weight is 426 g/mol. The summed E-state index contributed by atoms with van der Waals surface area (Å²) in [6.07, 6.45) is 2.10. The number of aldehydes is 1. The highest BCUT2D eigenvalue weighted by atomic mass is 35.5. The Morgan fingerprint density at radius 1 is 1.14 bits per heavy atom. The predicted molar refractivity (Wildman–Crippen MR) is 117 cm³/mol. The van der Waals surface area contributed by atoms with Crippen LogP contribution in [0.1, 0.15) is 49.0 Å². The van der Waals surface area contributed by atoms with Crippen LogP contribution in [0.25, 0.3) is 0 Å². The lowest BCUT2D eigenvalue weighted by Gasteiger charge is -2.22. The van der Waals surface area contributed by atoms with Gasteiger partial charge in [0.15, 0.2) is 5.96 Å². The van der Waals surface area contributed by atoms with Gasteiger partial charge in [0.05, 0.1) is 6.04 Å². The summed E-state index contributed by atoms with van der Waals surface area (Å²) in [7, 11) is 0. The smallest absolute Gasteiger partial charge is 0.251 e. The lowest BCUT2D eigenvalue weighted by molar-refractivity contribution is -0.126. The molecule has 1 rings (SSSR count). The molecule has 0 saturated carbocycles. The molecule has 0 aromatic heterocycles. The Hall–Kier alpha value is -2.61. The highest BCUT2D eigenvalue weighted by Crippen LogP contribution is 2.09. The minimum atomic E-state index is -0.728. The number of amides is 2. The van der Waals surface area contributed by atoms with Gasteiger partial charge in [0, 0.05) is 12.1 Å². The molecule has 162 valence electrons. The van der Waals surface area contributed by atoms with Gasteiger partial charge in [-0.3, -0.25) is 14.6 Å². The van der Waals surface area contributed by atoms with Crippen LogP contribution in [-0.4, -0.2) is 42.7 Å². The Kier molecular flexibility index (Phi) is 12.3. The van der Waals surface area contributed by atoms with Gasteiger partial charge >= 0.3 is 0 Å². The quantitative estimate of drug-likeness (QED) is 0.183. The molecular weight excluding hydrogens is 394 g/mol. The standard InChI is InChI=1S/C20H31N5O3.ClH/c1-13(2)11-17(25-18(27)15-8-6-14(3)7-9-15)19(28)24-16(12-26)5-4-10-23-20(21)22;/h6-9,12-13,16-17H,4-5,10-11H2,1-3H3,(H,24,28)(H,25,27)(H4,21,22,23);1H/t16-,17-;/m0./s1. The van der Waals surface area contributed by atoms with Crippen LogP contribution in [0.4, 0.5) is 0 Å². The summed E-state index contributed by atoms with van der Waals surface area (Å²) in [5.41, 5.74) is 12.0. The Bertz CT molecular complexity index is 688. The first-order valence-corrected chi connectivity index (χ1v) is 9.41. The first-order chi connectivity index (χ1) is 13.2. The van der Waals surface area contributed by atoms with E-state index in [0.29, 0.717) is 37.7 Å². The second kappa shape index (κ2) is 13.5. The average Bonchev–Trinajstić information content (AvgIpc) is 2.63. The number of benzene rings is 1. The lowest BCUT2D eigenvalue weighted by atomic mass is 10.0. The molecule has 0 aliphatic heterocycles. The number of aryl methyl sites for hydroxylation is 1. The van der Waals surface area contributed by atoms with Gasteiger partial charge in [0.1, 0.15) is 12.3 Å². The van der Waals surface area contributed by atoms with E-state index in [1.165, 1.54) is 0 Å². The van der Waals surface area contributed by atoms with Gasteiger partial charge in [0.2, 0.25) is 5.91 Å². The third-order valence-electron chi connectivity index (χ3n) is 4.10. The summed E-state index contributed by atoms with van der Waals surface area (Å²) in [6.45, 7) is 6.24. The van der Waals surface area contributed by atoms with Gasteiger partial charge in [0.25, 0.3) is 5.91 Å². The number of aliphatic imine (C=N–C) groups is 1. The normalized spacial score (nSPS) is 12.3. The van der Waals surface area contributed by atoms with Crippen molar-refractivity contribution in [3.63, 3.8) is 0 Å². The second-order valence-corrected chi connectivity index (χ2v) is 7.22. The van der Waals surface area contributed by atoms with Gasteiger partial charge in [-0.05, 0) is 44.2 Å². The lowest BCUT2D eigenvalue weighted by Crippen LogP contribution is -2.50. The molecule has 0 saturated heterocycles. The fourth-order valence-corrected chi connectivity index (χ4v) is 2.63. The molecule has 0 aliphatic rings. The third kappa shape index (κ3) is 10.5. The molecule has 2 amide bonds. The molecule has 0 aliphatic carbocycles. The van der Waals surface area contributed by atoms with E-state index in [2.05, 4.69) is 15.6 Å². The minimum absolute atomic E-state index is 0. The highest BCUT2D eigenvalue weighted by molar-refractivity contribution is 5.97. The number of nitrogens with one attached hydrogen (secondary N) is 2. The van der Waals surface area contributed by atoms with E-state index in [4.69, 9.17) is 11.5 Å². The van der Waals surface area contributed by atoms with Crippen molar-refractivity contribution < 1.29 is 14.4 Å². The van der Waals surface area contributed by atoms with E-state index in [9.17, 15) is 14.4 Å². The summed E-state index contributed by atoms with van der Waals surface area (Å²) in [5, 5.41) is 5.47. The summed E-state index contributed by atoms with van der Waals surface area (Å²) in [5.74, 6) is -0.530. The SMILES string of the molecule is Cc1ccc(C(=O)N[C@@H](CC(C)C)C(=O)N[C@H](C=O)CCCN=C(N)N)cc1.Cl. The van der Waals surface area contributed by atoms with E-state index in [1.807, 2.05) is 32.9 Å². The maximum absolute atomic E-state index is 12.7. The molecule has 9 heteroatoms. The molecule has 1 aromatic rings. The number of halogens is 1. The van der Waals surface area contributed by atoms with Crippen molar-refractivity contribution in [3.8, 4) is 0 Å². The van der Waals surface area contributed by atoms with Crippen LogP contribution < -0.4 is 22.1 Å². The van der Waals surface area contributed by atoms with Crippen molar-refractivity contribution in [2.24, 2.45) is 22.4 Å². The maximum Gasteiger partial charge on any atom is 0.251 e. The molecule has 0 unspecified atom stereocenters. The van der Waals surface area contributed by atoms with Gasteiger partial charge in [-0.15, -0.1) is 12.4 Å². The molecular formula is C20H32ClN5O3. The molecule has 29 heavy (non-hydrogen) atoms. The first kappa shape index (κ1) is 26.4. The van der Waals surface area contributed by atoms with E-state index in [0.717, 1.165) is 5.56 Å². The third-order valence-corrected chi connectivity index (χ3v) is 4.10. The predicted octanol–water partition coefficient (Wildman–Crippen LogP) is 1.30. The van der Waals surface area contributed by atoms with Gasteiger partial charge in [-0.25, -0.2) is 0 Å². The van der Waals surface area contributed by atoms with Gasteiger partial charge < -0.3 is 26.9 Å². The number of rotatable bonds is 11. The van der Waals surface area contributed by atoms with Gasteiger partial charge in [-0.1, -0.05) is 31.5 Å². The van der Waals surface area contributed by atoms with Crippen molar-refractivity contribution in [2.75, 3.05) is 6.54 Å². The summed E-state index contributed by atoms with van der Waals surface area (Å²) in [6, 6.07) is 5.72. The molecule has 0 heterocycles. The number of hydrogen-bond donors (Lipinski definition) is 4. The zero-order valence-corrected chi connectivity index (χ0v) is 18.0. The molecule has 0 fully saturated rings. The zero-order chi connectivity index (χ0) is 21.1. The Labute approximate surface area is 178 Å². The van der Waals surface area contributed by atoms with Crippen LogP contribution in [0, 0.1) is 12.8 Å². The van der Waals surface area contributed by atoms with Crippen molar-refractivity contribution in [2.45, 2.75) is 52.1 Å². The van der Waals surface area contributed by atoms with E-state index < -0.39 is 12.1 Å². The molecule has 8 nitrogen and oxygen atoms in total. The van der Waals surface area contributed by atoms with E-state index in [-0.39, 0.29) is 36.1 Å². The van der Waals surface area contributed by atoms with Crippen molar-refractivity contribution >= 4 is 36.5 Å². The number of guanidine groups is 1. The highest BCUT2D eigenvalue weighted by Gasteiger charge is 2.24. The van der Waals surface area contributed by atoms with Gasteiger partial charge in [-0.2, -0.15) is 0 Å². The molecule has 0 radical (unpaired) electrons. The Morgan fingerprint density at radius 3 is 2.28 bits per heavy atom. The minimum Gasteiger partial charge on any atom is -0.370 e. The molecule has 0 spiro atoms. The maximum atomic E-state index is 12.7. The van der Waals surface area contributed by atoms with Crippen LogP contribution in [0.5, 0.6) is 0 Å². The van der Waals surface area contributed by atoms with Crippen molar-refractivity contribution in [1.82, 2.24) is 10.6 Å². The fraction of sp³-hybridized carbons (Fsp3) is 0.500. The molecule has 0 bridgehead atoms. The summed E-state index contributed by atoms with van der Waals surface area (Å²) in [4.78, 5) is 40.3. The number of nitrogens with two attached hydrogens (primary N) is 2. The molecule has 1 aromatic carbocycles. The van der Waals surface area contributed by atoms with Crippen molar-refractivity contribution in [3.05, 3.63) is 35.4 Å². The van der Waals surface area contributed by atoms with E-state index >= 15 is 0 Å². The summed E-state index contributed by atoms with van der Waals surface area (Å²) < 4.78 is 0. The number of carbonyl (C=O) groups is 3. The van der Waals surface area contributed by atoms with Crippen LogP contribution in [-0.2, 0) is 9.59 Å². The number of hydrogen-bond acceptors (Lipinski definition) is 4. The monoisotopic (exact) mass is 425 g/mol. The van der Waals surface area contributed by atoms with Crippen molar-refractivity contribution in [1.29, 1.82) is 0 Å². The first-order valence-electron chi connectivity index (χ1n) is 9.41. The second-order valence-electron chi connectivity index (χ2n) is 7.22. The van der Waals surface area contributed by atoms with Crippen LogP contribution in [0.3, 0.4) is 0 Å². The fourth-order valence-electron chi connectivity index (χ4n) is 2.63. The van der Waals surface area contributed by atoms with Crippen LogP contribution in [0.2, 0.25) is 0 Å².